The third-order valence-electron chi connectivity index (χ3n) is 3.83. The van der Waals surface area contributed by atoms with E-state index in [1.807, 2.05) is 6.07 Å². The molecule has 1 aromatic heterocycles. The van der Waals surface area contributed by atoms with Crippen LogP contribution in [0.4, 0.5) is 0 Å². The smallest absolute Gasteiger partial charge is 0.227 e. The highest BCUT2D eigenvalue weighted by Crippen LogP contribution is 2.47. The van der Waals surface area contributed by atoms with Crippen LogP contribution < -0.4 is 0 Å². The number of aromatic nitrogens is 1. The van der Waals surface area contributed by atoms with E-state index in [2.05, 4.69) is 36.7 Å². The SMILES string of the molecule is CCC(CC(OC)(OC)SSc1nc2ccccc2s1)[SiH2]C. The molecule has 0 bridgehead atoms. The minimum absolute atomic E-state index is 0.0657. The third kappa shape index (κ3) is 4.49. The average molecular weight is 374 g/mol. The molecule has 0 aliphatic carbocycles. The van der Waals surface area contributed by atoms with Gasteiger partial charge in [-0.15, -0.1) is 11.3 Å². The Labute approximate surface area is 146 Å². The molecule has 22 heavy (non-hydrogen) atoms. The molecule has 0 N–H and O–H groups in total. The fourth-order valence-corrected chi connectivity index (χ4v) is 7.53. The van der Waals surface area contributed by atoms with Crippen LogP contribution in [0.25, 0.3) is 10.2 Å². The van der Waals surface area contributed by atoms with E-state index in [0.717, 1.165) is 21.8 Å². The molecule has 7 heteroatoms. The summed E-state index contributed by atoms with van der Waals surface area (Å²) in [6.07, 6.45) is 2.14. The van der Waals surface area contributed by atoms with Gasteiger partial charge in [-0.25, -0.2) is 4.98 Å². The van der Waals surface area contributed by atoms with Gasteiger partial charge in [0.15, 0.2) is 4.34 Å². The van der Waals surface area contributed by atoms with Gasteiger partial charge in [-0.2, -0.15) is 0 Å². The standard InChI is InChI=1S/C15H23NO2S3Si/c1-5-11(22-4)10-15(17-2,18-3)21-20-14-16-12-8-6-7-9-13(12)19-14/h6-9,11H,5,10,22H2,1-4H3. The molecule has 1 aromatic carbocycles. The topological polar surface area (TPSA) is 31.4 Å². The first-order valence-electron chi connectivity index (χ1n) is 7.47. The van der Waals surface area contributed by atoms with Crippen LogP contribution in [0.15, 0.2) is 28.6 Å². The maximum absolute atomic E-state index is 5.74. The lowest BCUT2D eigenvalue weighted by molar-refractivity contribution is -0.137. The lowest BCUT2D eigenvalue weighted by atomic mass is 10.2. The summed E-state index contributed by atoms with van der Waals surface area (Å²) in [4.78, 5) is 4.66. The molecular formula is C15H23NO2S3Si. The number of fused-ring (bicyclic) bond motifs is 1. The van der Waals surface area contributed by atoms with Crippen LogP contribution in [0.1, 0.15) is 19.8 Å². The highest BCUT2D eigenvalue weighted by atomic mass is 33.1. The first-order chi connectivity index (χ1) is 10.7. The summed E-state index contributed by atoms with van der Waals surface area (Å²) in [5, 5.41) is -0.577. The molecule has 0 radical (unpaired) electrons. The summed E-state index contributed by atoms with van der Waals surface area (Å²) < 4.78 is 13.7. The van der Waals surface area contributed by atoms with Crippen LogP contribution >= 0.6 is 32.9 Å². The zero-order chi connectivity index (χ0) is 16.0. The van der Waals surface area contributed by atoms with Gasteiger partial charge in [0.2, 0.25) is 5.12 Å². The Bertz CT molecular complexity index is 552. The Kier molecular flexibility index (Phi) is 7.23. The molecule has 2 rings (SSSR count). The molecule has 1 unspecified atom stereocenters. The molecule has 0 spiro atoms. The maximum Gasteiger partial charge on any atom is 0.227 e. The fraction of sp³-hybridized carbons (Fsp3) is 0.533. The van der Waals surface area contributed by atoms with Crippen molar-refractivity contribution in [2.45, 2.75) is 41.3 Å². The largest absolute Gasteiger partial charge is 0.344 e. The molecule has 0 aliphatic heterocycles. The van der Waals surface area contributed by atoms with Crippen LogP contribution in [0, 0.1) is 0 Å². The van der Waals surface area contributed by atoms with Crippen LogP contribution in [-0.4, -0.2) is 33.8 Å². The van der Waals surface area contributed by atoms with Crippen molar-refractivity contribution in [3.8, 4) is 0 Å². The molecule has 1 heterocycles. The molecule has 0 saturated heterocycles. The Balaban J connectivity index is 2.07. The molecule has 0 fully saturated rings. The van der Waals surface area contributed by atoms with Gasteiger partial charge in [-0.05, 0) is 39.3 Å². The number of hydrogen-bond donors (Lipinski definition) is 0. The zero-order valence-corrected chi connectivity index (χ0v) is 17.4. The van der Waals surface area contributed by atoms with Crippen molar-refractivity contribution in [3.63, 3.8) is 0 Å². The number of rotatable bonds is 9. The Morgan fingerprint density at radius 1 is 1.32 bits per heavy atom. The average Bonchev–Trinajstić information content (AvgIpc) is 2.99. The van der Waals surface area contributed by atoms with Gasteiger partial charge >= 0.3 is 0 Å². The van der Waals surface area contributed by atoms with E-state index >= 15 is 0 Å². The van der Waals surface area contributed by atoms with E-state index in [4.69, 9.17) is 9.47 Å². The van der Waals surface area contributed by atoms with Crippen molar-refractivity contribution in [3.05, 3.63) is 24.3 Å². The van der Waals surface area contributed by atoms with Gasteiger partial charge in [0.25, 0.3) is 0 Å². The van der Waals surface area contributed by atoms with Crippen LogP contribution in [0.2, 0.25) is 12.1 Å². The normalized spacial score (nSPS) is 14.2. The van der Waals surface area contributed by atoms with Gasteiger partial charge in [0, 0.05) is 30.2 Å². The number of ether oxygens (including phenoxy) is 2. The Morgan fingerprint density at radius 3 is 2.64 bits per heavy atom. The highest BCUT2D eigenvalue weighted by molar-refractivity contribution is 8.77. The van der Waals surface area contributed by atoms with E-state index < -0.39 is 5.12 Å². The van der Waals surface area contributed by atoms with Crippen molar-refractivity contribution in [2.24, 2.45) is 0 Å². The summed E-state index contributed by atoms with van der Waals surface area (Å²) in [5.41, 5.74) is 1.80. The molecule has 122 valence electrons. The van der Waals surface area contributed by atoms with E-state index in [1.54, 1.807) is 47.1 Å². The number of para-hydroxylation sites is 1. The van der Waals surface area contributed by atoms with Crippen molar-refractivity contribution in [2.75, 3.05) is 14.2 Å². The zero-order valence-electron chi connectivity index (χ0n) is 13.5. The highest BCUT2D eigenvalue weighted by Gasteiger charge is 2.34. The number of methoxy groups -OCH3 is 2. The van der Waals surface area contributed by atoms with Crippen molar-refractivity contribution < 1.29 is 9.47 Å². The second-order valence-corrected chi connectivity index (χ2v) is 10.7. The monoisotopic (exact) mass is 373 g/mol. The molecular weight excluding hydrogens is 350 g/mol. The lowest BCUT2D eigenvalue weighted by Gasteiger charge is -2.32. The predicted octanol–water partition coefficient (Wildman–Crippen LogP) is 4.79. The van der Waals surface area contributed by atoms with Crippen LogP contribution in [0.3, 0.4) is 0 Å². The van der Waals surface area contributed by atoms with Crippen molar-refractivity contribution in [1.29, 1.82) is 0 Å². The number of benzene rings is 1. The second kappa shape index (κ2) is 8.70. The summed E-state index contributed by atoms with van der Waals surface area (Å²) in [6, 6.07) is 8.23. The number of hydrogen-bond acceptors (Lipinski definition) is 6. The van der Waals surface area contributed by atoms with Gasteiger partial charge in [0.1, 0.15) is 0 Å². The minimum atomic E-state index is -0.577. The molecule has 0 amide bonds. The van der Waals surface area contributed by atoms with Gasteiger partial charge in [0.05, 0.1) is 10.2 Å². The van der Waals surface area contributed by atoms with Gasteiger partial charge in [-0.3, -0.25) is 0 Å². The van der Waals surface area contributed by atoms with Crippen LogP contribution in [0.5, 0.6) is 0 Å². The summed E-state index contributed by atoms with van der Waals surface area (Å²) >= 11 is 1.72. The Morgan fingerprint density at radius 2 is 2.05 bits per heavy atom. The van der Waals surface area contributed by atoms with E-state index in [-0.39, 0.29) is 9.52 Å². The molecule has 0 saturated carbocycles. The fourth-order valence-electron chi connectivity index (χ4n) is 2.27. The molecule has 3 nitrogen and oxygen atoms in total. The summed E-state index contributed by atoms with van der Waals surface area (Å²) in [6.45, 7) is 4.61. The first-order valence-corrected chi connectivity index (χ1v) is 12.7. The summed E-state index contributed by atoms with van der Waals surface area (Å²) in [7, 11) is 6.70. The number of thiazole rings is 1. The minimum Gasteiger partial charge on any atom is -0.344 e. The quantitative estimate of drug-likeness (QED) is 0.358. The predicted molar refractivity (Wildman–Crippen MR) is 103 cm³/mol. The van der Waals surface area contributed by atoms with Crippen molar-refractivity contribution in [1.82, 2.24) is 4.98 Å². The Hall–Kier alpha value is -0.0531. The molecule has 1 atom stereocenters. The van der Waals surface area contributed by atoms with E-state index in [9.17, 15) is 0 Å². The number of nitrogens with zero attached hydrogens (tertiary/aromatic N) is 1. The maximum atomic E-state index is 5.74. The molecule has 2 aromatic rings. The summed E-state index contributed by atoms with van der Waals surface area (Å²) in [5.74, 6) is 0. The van der Waals surface area contributed by atoms with Crippen molar-refractivity contribution >= 4 is 52.7 Å². The van der Waals surface area contributed by atoms with E-state index in [1.165, 1.54) is 11.1 Å². The van der Waals surface area contributed by atoms with Crippen LogP contribution in [-0.2, 0) is 9.47 Å². The first kappa shape index (κ1) is 18.3. The van der Waals surface area contributed by atoms with E-state index in [0.29, 0.717) is 0 Å². The third-order valence-corrected chi connectivity index (χ3v) is 10.1. The molecule has 0 aliphatic rings. The van der Waals surface area contributed by atoms with Gasteiger partial charge in [-0.1, -0.05) is 32.0 Å². The second-order valence-electron chi connectivity index (χ2n) is 5.09. The van der Waals surface area contributed by atoms with Gasteiger partial charge < -0.3 is 9.47 Å². The lowest BCUT2D eigenvalue weighted by Crippen LogP contribution is -2.31.